The molecule has 0 bridgehead atoms. The number of benzene rings is 4. The molecule has 0 unspecified atom stereocenters. The van der Waals surface area contributed by atoms with Crippen molar-refractivity contribution < 1.29 is 9.18 Å². The standard InChI is InChI=1S/C33H18FNOS/c1-24(36)37-32-19-13-26(14-20-32)7-8-28-12-18-30(33(34)22-28)17-11-27-10-16-29(31(21-27)23-35)15-9-25-5-3-2-4-6-25/h2-6,10,12-14,16,18-22H,1H3. The number of carbonyl (C=O) groups excluding carboxylic acids is 1. The fraction of sp³-hybridized carbons (Fsp3) is 0.0303. The molecule has 0 aromatic heterocycles. The Kier molecular flexibility index (Phi) is 8.22. The minimum atomic E-state index is -0.474. The third kappa shape index (κ3) is 7.24. The van der Waals surface area contributed by atoms with Crippen molar-refractivity contribution in [3.05, 3.63) is 136 Å². The highest BCUT2D eigenvalue weighted by Crippen LogP contribution is 2.19. The Bertz CT molecular complexity index is 1700. The Balaban J connectivity index is 1.49. The first-order chi connectivity index (χ1) is 18.0. The third-order valence-corrected chi connectivity index (χ3v) is 5.83. The molecule has 4 aromatic carbocycles. The van der Waals surface area contributed by atoms with Crippen LogP contribution in [0.1, 0.15) is 45.9 Å². The number of halogens is 1. The van der Waals surface area contributed by atoms with Gasteiger partial charge in [-0.3, -0.25) is 4.79 Å². The van der Waals surface area contributed by atoms with Gasteiger partial charge in [-0.25, -0.2) is 4.39 Å². The maximum atomic E-state index is 14.6. The zero-order valence-corrected chi connectivity index (χ0v) is 20.6. The van der Waals surface area contributed by atoms with E-state index >= 15 is 0 Å². The van der Waals surface area contributed by atoms with E-state index in [0.717, 1.165) is 27.8 Å². The molecule has 2 nitrogen and oxygen atoms in total. The second-order valence-corrected chi connectivity index (χ2v) is 9.05. The van der Waals surface area contributed by atoms with Gasteiger partial charge in [0.25, 0.3) is 0 Å². The molecule has 0 atom stereocenters. The van der Waals surface area contributed by atoms with Gasteiger partial charge in [-0.2, -0.15) is 5.26 Å². The summed E-state index contributed by atoms with van der Waals surface area (Å²) in [6.45, 7) is 1.52. The van der Waals surface area contributed by atoms with Crippen molar-refractivity contribution in [2.45, 2.75) is 11.8 Å². The molecule has 4 rings (SSSR count). The molecule has 0 radical (unpaired) electrons. The van der Waals surface area contributed by atoms with Gasteiger partial charge in [0, 0.05) is 39.6 Å². The Morgan fingerprint density at radius 1 is 0.649 bits per heavy atom. The van der Waals surface area contributed by atoms with E-state index in [-0.39, 0.29) is 10.7 Å². The van der Waals surface area contributed by atoms with E-state index in [0.29, 0.717) is 22.3 Å². The van der Waals surface area contributed by atoms with E-state index in [1.165, 1.54) is 13.0 Å². The second-order valence-electron chi connectivity index (χ2n) is 7.80. The van der Waals surface area contributed by atoms with E-state index in [4.69, 9.17) is 0 Å². The van der Waals surface area contributed by atoms with Crippen LogP contribution in [-0.2, 0) is 4.79 Å². The lowest BCUT2D eigenvalue weighted by Gasteiger charge is -1.98. The first kappa shape index (κ1) is 25.1. The fourth-order valence-electron chi connectivity index (χ4n) is 3.23. The van der Waals surface area contributed by atoms with E-state index in [2.05, 4.69) is 41.6 Å². The molecular weight excluding hydrogens is 477 g/mol. The van der Waals surface area contributed by atoms with Gasteiger partial charge in [-0.15, -0.1) is 0 Å². The summed E-state index contributed by atoms with van der Waals surface area (Å²) >= 11 is 1.16. The SMILES string of the molecule is CC(=O)Sc1ccc(C#Cc2ccc(C#Cc3ccc(C#Cc4ccccc4)c(C#N)c3)c(F)c2)cc1. The number of nitriles is 1. The van der Waals surface area contributed by atoms with Gasteiger partial charge in [0.2, 0.25) is 0 Å². The molecule has 0 saturated carbocycles. The quantitative estimate of drug-likeness (QED) is 0.223. The third-order valence-electron chi connectivity index (χ3n) is 5.03. The molecule has 4 aromatic rings. The number of nitrogens with zero attached hydrogens (tertiary/aromatic N) is 1. The molecule has 0 aliphatic carbocycles. The zero-order valence-electron chi connectivity index (χ0n) is 19.8. The topological polar surface area (TPSA) is 40.9 Å². The highest BCUT2D eigenvalue weighted by Gasteiger charge is 2.03. The second kappa shape index (κ2) is 12.1. The van der Waals surface area contributed by atoms with Crippen LogP contribution in [0.25, 0.3) is 0 Å². The van der Waals surface area contributed by atoms with E-state index in [9.17, 15) is 14.4 Å². The predicted octanol–water partition coefficient (Wildman–Crippen LogP) is 6.54. The first-order valence-corrected chi connectivity index (χ1v) is 12.0. The molecule has 0 heterocycles. The van der Waals surface area contributed by atoms with Crippen molar-refractivity contribution in [2.75, 3.05) is 0 Å². The monoisotopic (exact) mass is 495 g/mol. The molecule has 174 valence electrons. The molecule has 0 aliphatic heterocycles. The molecule has 0 N–H and O–H groups in total. The maximum absolute atomic E-state index is 14.6. The van der Waals surface area contributed by atoms with Crippen molar-refractivity contribution in [1.29, 1.82) is 5.26 Å². The summed E-state index contributed by atoms with van der Waals surface area (Å²) in [6.07, 6.45) is 0. The van der Waals surface area contributed by atoms with Crippen LogP contribution < -0.4 is 0 Å². The normalized spacial score (nSPS) is 9.43. The zero-order chi connectivity index (χ0) is 26.0. The van der Waals surface area contributed by atoms with Crippen LogP contribution in [-0.4, -0.2) is 5.12 Å². The van der Waals surface area contributed by atoms with E-state index in [1.54, 1.807) is 30.3 Å². The van der Waals surface area contributed by atoms with Crippen LogP contribution in [0.2, 0.25) is 0 Å². The van der Waals surface area contributed by atoms with Gasteiger partial charge in [0.15, 0.2) is 5.12 Å². The summed E-state index contributed by atoms with van der Waals surface area (Å²) < 4.78 is 14.6. The molecule has 0 saturated heterocycles. The largest absolute Gasteiger partial charge is 0.287 e. The lowest BCUT2D eigenvalue weighted by Crippen LogP contribution is -1.88. The van der Waals surface area contributed by atoms with Crippen LogP contribution in [0, 0.1) is 52.7 Å². The Morgan fingerprint density at radius 3 is 1.86 bits per heavy atom. The van der Waals surface area contributed by atoms with Crippen LogP contribution in [0.3, 0.4) is 0 Å². The van der Waals surface area contributed by atoms with Crippen LogP contribution in [0.15, 0.2) is 95.9 Å². The lowest BCUT2D eigenvalue weighted by atomic mass is 10.0. The van der Waals surface area contributed by atoms with E-state index in [1.807, 2.05) is 54.6 Å². The summed E-state index contributed by atoms with van der Waals surface area (Å²) in [7, 11) is 0. The van der Waals surface area contributed by atoms with Gasteiger partial charge < -0.3 is 0 Å². The van der Waals surface area contributed by atoms with Gasteiger partial charge >= 0.3 is 0 Å². The van der Waals surface area contributed by atoms with Gasteiger partial charge in [-0.05, 0) is 72.8 Å². The summed E-state index contributed by atoms with van der Waals surface area (Å²) in [5, 5.41) is 9.55. The predicted molar refractivity (Wildman–Crippen MR) is 145 cm³/mol. The van der Waals surface area contributed by atoms with Crippen LogP contribution in [0.5, 0.6) is 0 Å². The summed E-state index contributed by atoms with van der Waals surface area (Å²) in [5.74, 6) is 17.3. The maximum Gasteiger partial charge on any atom is 0.190 e. The van der Waals surface area contributed by atoms with E-state index < -0.39 is 5.82 Å². The molecule has 0 aliphatic rings. The molecule has 0 amide bonds. The molecular formula is C33H18FNOS. The Hall–Kier alpha value is -5.00. The number of hydrogen-bond acceptors (Lipinski definition) is 3. The molecule has 4 heteroatoms. The van der Waals surface area contributed by atoms with Crippen molar-refractivity contribution >= 4 is 16.9 Å². The summed E-state index contributed by atoms with van der Waals surface area (Å²) in [4.78, 5) is 12.0. The van der Waals surface area contributed by atoms with Crippen molar-refractivity contribution in [3.63, 3.8) is 0 Å². The molecule has 0 spiro atoms. The van der Waals surface area contributed by atoms with Gasteiger partial charge in [0.05, 0.1) is 11.1 Å². The van der Waals surface area contributed by atoms with Gasteiger partial charge in [0.1, 0.15) is 11.9 Å². The Labute approximate surface area is 220 Å². The summed E-state index contributed by atoms with van der Waals surface area (Å²) in [6, 6.07) is 28.8. The number of thioether (sulfide) groups is 1. The highest BCUT2D eigenvalue weighted by molar-refractivity contribution is 8.13. The first-order valence-electron chi connectivity index (χ1n) is 11.2. The average molecular weight is 496 g/mol. The molecule has 0 fully saturated rings. The van der Waals surface area contributed by atoms with Gasteiger partial charge in [-0.1, -0.05) is 65.5 Å². The number of carbonyl (C=O) groups is 1. The van der Waals surface area contributed by atoms with Crippen LogP contribution in [0.4, 0.5) is 4.39 Å². The minimum absolute atomic E-state index is 0.0214. The smallest absolute Gasteiger partial charge is 0.190 e. The van der Waals surface area contributed by atoms with Crippen LogP contribution >= 0.6 is 11.8 Å². The minimum Gasteiger partial charge on any atom is -0.287 e. The number of rotatable bonds is 1. The summed E-state index contributed by atoms with van der Waals surface area (Å²) in [5.41, 5.74) is 4.01. The highest BCUT2D eigenvalue weighted by atomic mass is 32.2. The van der Waals surface area contributed by atoms with Crippen molar-refractivity contribution in [3.8, 4) is 41.6 Å². The van der Waals surface area contributed by atoms with Crippen molar-refractivity contribution in [1.82, 2.24) is 0 Å². The van der Waals surface area contributed by atoms with Crippen molar-refractivity contribution in [2.24, 2.45) is 0 Å². The molecule has 37 heavy (non-hydrogen) atoms. The average Bonchev–Trinajstić information content (AvgIpc) is 2.91. The number of hydrogen-bond donors (Lipinski definition) is 0. The Morgan fingerprint density at radius 2 is 1.19 bits per heavy atom. The fourth-order valence-corrected chi connectivity index (χ4v) is 3.84. The lowest BCUT2D eigenvalue weighted by molar-refractivity contribution is -0.109.